The fourth-order valence-electron chi connectivity index (χ4n) is 0.549. The van der Waals surface area contributed by atoms with E-state index in [1.165, 1.54) is 0 Å². The van der Waals surface area contributed by atoms with Gasteiger partial charge in [-0.05, 0) is 0 Å². The molecule has 5 heteroatoms. The highest BCUT2D eigenvalue weighted by Crippen LogP contribution is 2.04. The summed E-state index contributed by atoms with van der Waals surface area (Å²) in [5.41, 5.74) is 5.21. The minimum Gasteiger partial charge on any atom is -0.325 e. The fourth-order valence-corrected chi connectivity index (χ4v) is 1.65. The lowest BCUT2D eigenvalue weighted by Crippen LogP contribution is -2.23. The molecule has 2 N–H and O–H groups in total. The SMILES string of the molecule is NC1COS(=O)(=O)C1. The van der Waals surface area contributed by atoms with Crippen LogP contribution in [-0.4, -0.2) is 26.8 Å². The van der Waals surface area contributed by atoms with Crippen LogP contribution in [0.5, 0.6) is 0 Å². The Labute approximate surface area is 47.8 Å². The molecule has 48 valence electrons. The van der Waals surface area contributed by atoms with E-state index in [0.717, 1.165) is 0 Å². The molecule has 1 saturated heterocycles. The Bertz CT molecular complexity index is 173. The van der Waals surface area contributed by atoms with Crippen molar-refractivity contribution in [2.75, 3.05) is 12.4 Å². The summed E-state index contributed by atoms with van der Waals surface area (Å²) in [6, 6.07) is -0.319. The Balaban J connectivity index is 2.71. The summed E-state index contributed by atoms with van der Waals surface area (Å²) < 4.78 is 25.0. The topological polar surface area (TPSA) is 69.4 Å². The zero-order chi connectivity index (χ0) is 6.20. The molecule has 0 aromatic heterocycles. The Morgan fingerprint density at radius 1 is 1.62 bits per heavy atom. The van der Waals surface area contributed by atoms with Crippen LogP contribution >= 0.6 is 0 Å². The van der Waals surface area contributed by atoms with Crippen LogP contribution in [0.15, 0.2) is 0 Å². The van der Waals surface area contributed by atoms with E-state index in [1.54, 1.807) is 0 Å². The average molecular weight is 137 g/mol. The van der Waals surface area contributed by atoms with Crippen LogP contribution in [-0.2, 0) is 14.3 Å². The van der Waals surface area contributed by atoms with Crippen molar-refractivity contribution in [3.05, 3.63) is 0 Å². The smallest absolute Gasteiger partial charge is 0.268 e. The van der Waals surface area contributed by atoms with E-state index in [1.807, 2.05) is 0 Å². The number of hydrogen-bond acceptors (Lipinski definition) is 4. The van der Waals surface area contributed by atoms with Crippen molar-refractivity contribution in [3.8, 4) is 0 Å². The Hall–Kier alpha value is -0.130. The van der Waals surface area contributed by atoms with E-state index >= 15 is 0 Å². The Morgan fingerprint density at radius 2 is 2.25 bits per heavy atom. The molecular weight excluding hydrogens is 130 g/mol. The van der Waals surface area contributed by atoms with Crippen LogP contribution in [0.25, 0.3) is 0 Å². The number of nitrogens with two attached hydrogens (primary N) is 1. The molecule has 8 heavy (non-hydrogen) atoms. The molecule has 0 spiro atoms. The summed E-state index contributed by atoms with van der Waals surface area (Å²) in [6.45, 7) is 0.141. The van der Waals surface area contributed by atoms with Crippen LogP contribution in [0.4, 0.5) is 0 Å². The molecule has 4 nitrogen and oxygen atoms in total. The molecule has 0 radical (unpaired) electrons. The van der Waals surface area contributed by atoms with Crippen LogP contribution in [0.1, 0.15) is 0 Å². The summed E-state index contributed by atoms with van der Waals surface area (Å²) in [7, 11) is -3.22. The maximum atomic E-state index is 10.3. The second-order valence-corrected chi connectivity index (χ2v) is 3.45. The summed E-state index contributed by atoms with van der Waals surface area (Å²) in [5.74, 6) is -0.0347. The van der Waals surface area contributed by atoms with Gasteiger partial charge in [-0.25, -0.2) is 0 Å². The molecule has 1 aliphatic heterocycles. The van der Waals surface area contributed by atoms with Gasteiger partial charge in [-0.1, -0.05) is 0 Å². The lowest BCUT2D eigenvalue weighted by Gasteiger charge is -1.87. The molecule has 1 atom stereocenters. The van der Waals surface area contributed by atoms with Gasteiger partial charge in [0.2, 0.25) is 0 Å². The highest BCUT2D eigenvalue weighted by Gasteiger charge is 2.25. The van der Waals surface area contributed by atoms with Crippen molar-refractivity contribution in [1.29, 1.82) is 0 Å². The number of rotatable bonds is 0. The molecule has 1 heterocycles. The van der Waals surface area contributed by atoms with E-state index in [4.69, 9.17) is 5.73 Å². The third kappa shape index (κ3) is 1.18. The van der Waals surface area contributed by atoms with Gasteiger partial charge in [-0.3, -0.25) is 4.18 Å². The molecule has 0 aromatic carbocycles. The maximum absolute atomic E-state index is 10.3. The van der Waals surface area contributed by atoms with Crippen molar-refractivity contribution in [2.24, 2.45) is 5.73 Å². The standard InChI is InChI=1S/C3H7NO3S/c4-3-1-7-8(5,6)2-3/h3H,1-2,4H2. The lowest BCUT2D eigenvalue weighted by molar-refractivity contribution is 0.340. The van der Waals surface area contributed by atoms with E-state index < -0.39 is 10.1 Å². The van der Waals surface area contributed by atoms with E-state index in [2.05, 4.69) is 4.18 Å². The maximum Gasteiger partial charge on any atom is 0.268 e. The molecular formula is C3H7NO3S. The summed E-state index contributed by atoms with van der Waals surface area (Å²) in [6.07, 6.45) is 0. The van der Waals surface area contributed by atoms with E-state index in [0.29, 0.717) is 0 Å². The van der Waals surface area contributed by atoms with Gasteiger partial charge in [0.15, 0.2) is 0 Å². The first-order valence-corrected chi connectivity index (χ1v) is 3.80. The van der Waals surface area contributed by atoms with Crippen molar-refractivity contribution in [2.45, 2.75) is 6.04 Å². The lowest BCUT2D eigenvalue weighted by atomic mass is 10.4. The van der Waals surface area contributed by atoms with Gasteiger partial charge in [0.05, 0.1) is 12.4 Å². The second-order valence-electron chi connectivity index (χ2n) is 1.77. The van der Waals surface area contributed by atoms with E-state index in [-0.39, 0.29) is 18.4 Å². The van der Waals surface area contributed by atoms with E-state index in [9.17, 15) is 8.42 Å². The quantitative estimate of drug-likeness (QED) is 0.420. The van der Waals surface area contributed by atoms with Gasteiger partial charge in [-0.2, -0.15) is 8.42 Å². The van der Waals surface area contributed by atoms with Gasteiger partial charge < -0.3 is 5.73 Å². The van der Waals surface area contributed by atoms with Crippen molar-refractivity contribution < 1.29 is 12.6 Å². The van der Waals surface area contributed by atoms with Gasteiger partial charge in [0.25, 0.3) is 10.1 Å². The van der Waals surface area contributed by atoms with Crippen LogP contribution in [0.3, 0.4) is 0 Å². The van der Waals surface area contributed by atoms with Crippen LogP contribution < -0.4 is 5.73 Å². The van der Waals surface area contributed by atoms with Gasteiger partial charge in [-0.15, -0.1) is 0 Å². The average Bonchev–Trinajstić information content (AvgIpc) is 1.82. The second kappa shape index (κ2) is 1.68. The highest BCUT2D eigenvalue weighted by molar-refractivity contribution is 7.87. The fraction of sp³-hybridized carbons (Fsp3) is 1.00. The zero-order valence-electron chi connectivity index (χ0n) is 4.20. The van der Waals surface area contributed by atoms with Crippen molar-refractivity contribution in [1.82, 2.24) is 0 Å². The third-order valence-electron chi connectivity index (χ3n) is 0.880. The highest BCUT2D eigenvalue weighted by atomic mass is 32.2. The molecule has 0 aromatic rings. The zero-order valence-corrected chi connectivity index (χ0v) is 5.02. The molecule has 0 saturated carbocycles. The minimum absolute atomic E-state index is 0.0347. The van der Waals surface area contributed by atoms with Crippen molar-refractivity contribution >= 4 is 10.1 Å². The number of hydrogen-bond donors (Lipinski definition) is 1. The largest absolute Gasteiger partial charge is 0.325 e. The normalized spacial score (nSPS) is 35.4. The predicted molar refractivity (Wildman–Crippen MR) is 27.7 cm³/mol. The van der Waals surface area contributed by atoms with Crippen LogP contribution in [0, 0.1) is 0 Å². The summed E-state index contributed by atoms with van der Waals surface area (Å²) in [5, 5.41) is 0. The molecule has 0 amide bonds. The molecule has 1 rings (SSSR count). The molecule has 1 unspecified atom stereocenters. The predicted octanol–water partition coefficient (Wildman–Crippen LogP) is -1.33. The van der Waals surface area contributed by atoms with Crippen LogP contribution in [0.2, 0.25) is 0 Å². The van der Waals surface area contributed by atoms with Gasteiger partial charge >= 0.3 is 0 Å². The Morgan fingerprint density at radius 3 is 2.38 bits per heavy atom. The Kier molecular flexibility index (Phi) is 1.26. The molecule has 1 fully saturated rings. The first kappa shape index (κ1) is 6.00. The molecule has 1 aliphatic rings. The van der Waals surface area contributed by atoms with Crippen molar-refractivity contribution in [3.63, 3.8) is 0 Å². The molecule has 0 bridgehead atoms. The minimum atomic E-state index is -3.22. The summed E-state index contributed by atoms with van der Waals surface area (Å²) >= 11 is 0. The van der Waals surface area contributed by atoms with Gasteiger partial charge in [0.1, 0.15) is 0 Å². The monoisotopic (exact) mass is 137 g/mol. The first-order chi connectivity index (χ1) is 3.60. The summed E-state index contributed by atoms with van der Waals surface area (Å²) in [4.78, 5) is 0. The first-order valence-electron chi connectivity index (χ1n) is 2.23. The third-order valence-corrected chi connectivity index (χ3v) is 2.21. The van der Waals surface area contributed by atoms with Gasteiger partial charge in [0, 0.05) is 6.04 Å². The molecule has 0 aliphatic carbocycles.